The molecule has 0 saturated heterocycles. The number of aromatic nitrogens is 3. The van der Waals surface area contributed by atoms with Gasteiger partial charge in [0.2, 0.25) is 0 Å². The molecule has 0 aliphatic heterocycles. The molecule has 0 spiro atoms. The summed E-state index contributed by atoms with van der Waals surface area (Å²) in [6.07, 6.45) is 0. The molecule has 0 aromatic carbocycles. The molecule has 4 nitrogen and oxygen atoms in total. The molecule has 0 saturated carbocycles. The van der Waals surface area contributed by atoms with E-state index in [1.54, 1.807) is 10.6 Å². The molecule has 2 heterocycles. The van der Waals surface area contributed by atoms with Crippen LogP contribution in [0.2, 0.25) is 0 Å². The fraction of sp³-hybridized carbons (Fsp3) is 0.143. The van der Waals surface area contributed by atoms with Crippen molar-refractivity contribution in [3.8, 4) is 0 Å². The fourth-order valence-corrected chi connectivity index (χ4v) is 1.03. The number of pyridine rings is 1. The molecule has 0 unspecified atom stereocenters. The third kappa shape index (κ3) is 0.832. The third-order valence-corrected chi connectivity index (χ3v) is 1.49. The van der Waals surface area contributed by atoms with E-state index < -0.39 is 0 Å². The average Bonchev–Trinajstić information content (AvgIpc) is 2.31. The minimum atomic E-state index is 0.614. The highest BCUT2D eigenvalue weighted by Gasteiger charge is 1.99. The summed E-state index contributed by atoms with van der Waals surface area (Å²) in [5.41, 5.74) is 6.42. The van der Waals surface area contributed by atoms with Crippen molar-refractivity contribution in [3.63, 3.8) is 0 Å². The molecule has 2 aromatic heterocycles. The van der Waals surface area contributed by atoms with Crippen LogP contribution in [0.3, 0.4) is 0 Å². The lowest BCUT2D eigenvalue weighted by atomic mass is 10.4. The molecule has 0 atom stereocenters. The van der Waals surface area contributed by atoms with E-state index in [-0.39, 0.29) is 0 Å². The molecule has 0 fully saturated rings. The van der Waals surface area contributed by atoms with E-state index >= 15 is 0 Å². The molecule has 0 amide bonds. The number of nitrogen functional groups attached to an aromatic ring is 1. The van der Waals surface area contributed by atoms with Gasteiger partial charge in [0.15, 0.2) is 5.65 Å². The predicted molar refractivity (Wildman–Crippen MR) is 42.1 cm³/mol. The topological polar surface area (TPSA) is 56.2 Å². The number of hydrogen-bond acceptors (Lipinski definition) is 3. The zero-order valence-electron chi connectivity index (χ0n) is 6.15. The lowest BCUT2D eigenvalue weighted by molar-refractivity contribution is 0.941. The van der Waals surface area contributed by atoms with E-state index in [4.69, 9.17) is 5.73 Å². The van der Waals surface area contributed by atoms with Gasteiger partial charge in [0.1, 0.15) is 11.6 Å². The van der Waals surface area contributed by atoms with Crippen LogP contribution < -0.4 is 5.73 Å². The molecule has 2 N–H and O–H groups in total. The number of anilines is 1. The van der Waals surface area contributed by atoms with Crippen LogP contribution in [-0.4, -0.2) is 14.6 Å². The highest BCUT2D eigenvalue weighted by Crippen LogP contribution is 2.05. The van der Waals surface area contributed by atoms with Crippen LogP contribution >= 0.6 is 0 Å². The van der Waals surface area contributed by atoms with Crippen molar-refractivity contribution in [1.82, 2.24) is 14.6 Å². The van der Waals surface area contributed by atoms with Crippen LogP contribution in [-0.2, 0) is 0 Å². The number of nitrogens with two attached hydrogens (primary N) is 1. The summed E-state index contributed by atoms with van der Waals surface area (Å²) >= 11 is 0. The van der Waals surface area contributed by atoms with Crippen LogP contribution in [0.1, 0.15) is 5.82 Å². The van der Waals surface area contributed by atoms with Gasteiger partial charge in [-0.3, -0.25) is 0 Å². The standard InChI is InChI=1S/C7H8N4/c1-5-9-7-4-2-3-6(8)11(7)10-5/h2-4H,8H2,1H3. The van der Waals surface area contributed by atoms with Gasteiger partial charge in [-0.25, -0.2) is 4.98 Å². The number of hydrogen-bond donors (Lipinski definition) is 1. The summed E-state index contributed by atoms with van der Waals surface area (Å²) in [4.78, 5) is 4.15. The Morgan fingerprint density at radius 2 is 2.27 bits per heavy atom. The third-order valence-electron chi connectivity index (χ3n) is 1.49. The minimum Gasteiger partial charge on any atom is -0.384 e. The fourth-order valence-electron chi connectivity index (χ4n) is 1.03. The summed E-state index contributed by atoms with van der Waals surface area (Å²) in [6, 6.07) is 5.52. The van der Waals surface area contributed by atoms with Crippen LogP contribution in [0.4, 0.5) is 5.82 Å². The first-order chi connectivity index (χ1) is 5.27. The van der Waals surface area contributed by atoms with Gasteiger partial charge < -0.3 is 5.73 Å². The molecule has 11 heavy (non-hydrogen) atoms. The van der Waals surface area contributed by atoms with Crippen LogP contribution in [0.15, 0.2) is 18.2 Å². The summed E-state index contributed by atoms with van der Waals surface area (Å²) in [5.74, 6) is 1.35. The monoisotopic (exact) mass is 148 g/mol. The first-order valence-corrected chi connectivity index (χ1v) is 3.35. The average molecular weight is 148 g/mol. The molecule has 4 heteroatoms. The lowest BCUT2D eigenvalue weighted by Gasteiger charge is -1.93. The van der Waals surface area contributed by atoms with E-state index in [1.807, 2.05) is 19.1 Å². The maximum Gasteiger partial charge on any atom is 0.157 e. The number of aryl methyl sites for hydroxylation is 1. The van der Waals surface area contributed by atoms with Gasteiger partial charge in [0, 0.05) is 0 Å². The first-order valence-electron chi connectivity index (χ1n) is 3.35. The molecular weight excluding hydrogens is 140 g/mol. The van der Waals surface area contributed by atoms with Crippen LogP contribution in [0.25, 0.3) is 5.65 Å². The largest absolute Gasteiger partial charge is 0.384 e. The molecule has 0 radical (unpaired) electrons. The van der Waals surface area contributed by atoms with E-state index in [9.17, 15) is 0 Å². The first kappa shape index (κ1) is 6.15. The van der Waals surface area contributed by atoms with Gasteiger partial charge >= 0.3 is 0 Å². The highest BCUT2D eigenvalue weighted by molar-refractivity contribution is 5.45. The molecule has 0 aliphatic carbocycles. The Bertz CT molecular complexity index is 390. The van der Waals surface area contributed by atoms with Gasteiger partial charge in [0.25, 0.3) is 0 Å². The smallest absolute Gasteiger partial charge is 0.157 e. The normalized spacial score (nSPS) is 10.6. The van der Waals surface area contributed by atoms with E-state index in [1.165, 1.54) is 0 Å². The Morgan fingerprint density at radius 3 is 3.00 bits per heavy atom. The van der Waals surface area contributed by atoms with Crippen molar-refractivity contribution < 1.29 is 0 Å². The Balaban J connectivity index is 2.90. The van der Waals surface area contributed by atoms with E-state index in [0.29, 0.717) is 5.82 Å². The second-order valence-corrected chi connectivity index (χ2v) is 2.38. The van der Waals surface area contributed by atoms with Crippen molar-refractivity contribution in [3.05, 3.63) is 24.0 Å². The number of rotatable bonds is 0. The maximum absolute atomic E-state index is 5.63. The molecule has 2 rings (SSSR count). The summed E-state index contributed by atoms with van der Waals surface area (Å²) in [6.45, 7) is 1.84. The lowest BCUT2D eigenvalue weighted by Crippen LogP contribution is -1.96. The van der Waals surface area contributed by atoms with Crippen molar-refractivity contribution in [2.45, 2.75) is 6.92 Å². The number of nitrogens with zero attached hydrogens (tertiary/aromatic N) is 3. The molecule has 2 aromatic rings. The SMILES string of the molecule is Cc1nc2cccc(N)n2n1. The maximum atomic E-state index is 5.63. The van der Waals surface area contributed by atoms with E-state index in [2.05, 4.69) is 10.1 Å². The second-order valence-electron chi connectivity index (χ2n) is 2.38. The predicted octanol–water partition coefficient (Wildman–Crippen LogP) is 0.620. The Hall–Kier alpha value is -1.58. The van der Waals surface area contributed by atoms with Gasteiger partial charge in [0.05, 0.1) is 0 Å². The zero-order chi connectivity index (χ0) is 7.84. The quantitative estimate of drug-likeness (QED) is 0.595. The summed E-state index contributed by atoms with van der Waals surface area (Å²) in [5, 5.41) is 4.09. The van der Waals surface area contributed by atoms with Gasteiger partial charge in [-0.1, -0.05) is 6.07 Å². The van der Waals surface area contributed by atoms with Crippen LogP contribution in [0.5, 0.6) is 0 Å². The van der Waals surface area contributed by atoms with E-state index in [0.717, 1.165) is 11.5 Å². The van der Waals surface area contributed by atoms with Crippen molar-refractivity contribution in [2.24, 2.45) is 0 Å². The van der Waals surface area contributed by atoms with Crippen molar-refractivity contribution in [1.29, 1.82) is 0 Å². The summed E-state index contributed by atoms with van der Waals surface area (Å²) in [7, 11) is 0. The molecule has 0 bridgehead atoms. The highest BCUT2D eigenvalue weighted by atomic mass is 15.3. The van der Waals surface area contributed by atoms with Crippen molar-refractivity contribution >= 4 is 11.5 Å². The number of fused-ring (bicyclic) bond motifs is 1. The Morgan fingerprint density at radius 1 is 1.45 bits per heavy atom. The van der Waals surface area contributed by atoms with Gasteiger partial charge in [-0.05, 0) is 19.1 Å². The van der Waals surface area contributed by atoms with Gasteiger partial charge in [-0.15, -0.1) is 5.10 Å². The molecule has 56 valence electrons. The Kier molecular flexibility index (Phi) is 1.09. The molecule has 0 aliphatic rings. The van der Waals surface area contributed by atoms with Crippen molar-refractivity contribution in [2.75, 3.05) is 5.73 Å². The second kappa shape index (κ2) is 1.95. The van der Waals surface area contributed by atoms with Gasteiger partial charge in [-0.2, -0.15) is 4.52 Å². The zero-order valence-corrected chi connectivity index (χ0v) is 6.15. The van der Waals surface area contributed by atoms with Crippen LogP contribution in [0, 0.1) is 6.92 Å². The molecular formula is C7H8N4. The Labute approximate surface area is 63.7 Å². The minimum absolute atomic E-state index is 0.614. The summed E-state index contributed by atoms with van der Waals surface area (Å²) < 4.78 is 1.62.